The number of carboxylic acids is 1. The third-order valence-electron chi connectivity index (χ3n) is 3.68. The zero-order chi connectivity index (χ0) is 13.1. The minimum Gasteiger partial charge on any atom is -0.480 e. The van der Waals surface area contributed by atoms with Crippen molar-refractivity contribution in [1.82, 2.24) is 10.2 Å². The average Bonchev–Trinajstić information content (AvgIpc) is 2.72. The molecule has 2 N–H and O–H groups in total. The maximum atomic E-state index is 12.2. The van der Waals surface area contributed by atoms with Crippen LogP contribution in [0.1, 0.15) is 39.0 Å². The molecule has 0 bridgehead atoms. The van der Waals surface area contributed by atoms with E-state index in [1.807, 2.05) is 6.92 Å². The summed E-state index contributed by atoms with van der Waals surface area (Å²) in [6, 6.07) is -0.682. The minimum absolute atomic E-state index is 0.0605. The molecule has 0 aromatic heterocycles. The molecule has 1 aliphatic heterocycles. The molecule has 0 spiro atoms. The Morgan fingerprint density at radius 2 is 1.94 bits per heavy atom. The molecule has 1 saturated heterocycles. The van der Waals surface area contributed by atoms with Crippen LogP contribution in [0.15, 0.2) is 0 Å². The number of urea groups is 1. The van der Waals surface area contributed by atoms with Crippen molar-refractivity contribution in [3.63, 3.8) is 0 Å². The molecule has 18 heavy (non-hydrogen) atoms. The lowest BCUT2D eigenvalue weighted by molar-refractivity contribution is -0.141. The van der Waals surface area contributed by atoms with Crippen LogP contribution in [0.2, 0.25) is 0 Å². The van der Waals surface area contributed by atoms with Gasteiger partial charge in [-0.25, -0.2) is 9.59 Å². The van der Waals surface area contributed by atoms with E-state index in [-0.39, 0.29) is 17.4 Å². The molecule has 2 unspecified atom stereocenters. The van der Waals surface area contributed by atoms with Gasteiger partial charge in [0.25, 0.3) is 0 Å². The second-order valence-corrected chi connectivity index (χ2v) is 6.33. The van der Waals surface area contributed by atoms with Crippen molar-refractivity contribution in [2.75, 3.05) is 5.75 Å². The molecule has 0 radical (unpaired) electrons. The fraction of sp³-hybridized carbons (Fsp3) is 0.833. The lowest BCUT2D eigenvalue weighted by Gasteiger charge is -2.29. The molecule has 1 aliphatic carbocycles. The SMILES string of the molecule is CC1SCC(C(=O)O)N1C(=O)NC1CCCCC1. The Bertz CT molecular complexity index is 331. The summed E-state index contributed by atoms with van der Waals surface area (Å²) in [6.07, 6.45) is 5.56. The van der Waals surface area contributed by atoms with E-state index in [1.54, 1.807) is 0 Å². The number of aliphatic carboxylic acids is 1. The molecular weight excluding hydrogens is 252 g/mol. The summed E-state index contributed by atoms with van der Waals surface area (Å²) in [5, 5.41) is 12.0. The molecule has 6 heteroatoms. The van der Waals surface area contributed by atoms with Crippen molar-refractivity contribution in [1.29, 1.82) is 0 Å². The number of nitrogens with zero attached hydrogens (tertiary/aromatic N) is 1. The third kappa shape index (κ3) is 2.91. The summed E-state index contributed by atoms with van der Waals surface area (Å²) in [6.45, 7) is 1.88. The number of carbonyl (C=O) groups is 2. The number of amides is 2. The van der Waals surface area contributed by atoms with Gasteiger partial charge in [0.1, 0.15) is 6.04 Å². The topological polar surface area (TPSA) is 69.6 Å². The minimum atomic E-state index is -0.911. The van der Waals surface area contributed by atoms with Crippen molar-refractivity contribution < 1.29 is 14.7 Å². The van der Waals surface area contributed by atoms with Gasteiger partial charge < -0.3 is 10.4 Å². The summed E-state index contributed by atoms with van der Waals surface area (Å²) in [5.41, 5.74) is 0. The van der Waals surface area contributed by atoms with Crippen molar-refractivity contribution in [2.45, 2.75) is 56.5 Å². The normalized spacial score (nSPS) is 29.3. The monoisotopic (exact) mass is 272 g/mol. The van der Waals surface area contributed by atoms with Crippen LogP contribution in [0.3, 0.4) is 0 Å². The number of hydrogen-bond donors (Lipinski definition) is 2. The smallest absolute Gasteiger partial charge is 0.327 e. The molecule has 5 nitrogen and oxygen atoms in total. The predicted octanol–water partition coefficient (Wildman–Crippen LogP) is 1.88. The molecule has 1 heterocycles. The molecule has 0 aromatic rings. The van der Waals surface area contributed by atoms with Crippen molar-refractivity contribution in [3.8, 4) is 0 Å². The van der Waals surface area contributed by atoms with Gasteiger partial charge in [-0.2, -0.15) is 0 Å². The van der Waals surface area contributed by atoms with E-state index in [0.29, 0.717) is 5.75 Å². The van der Waals surface area contributed by atoms with Crippen molar-refractivity contribution in [3.05, 3.63) is 0 Å². The maximum Gasteiger partial charge on any atom is 0.327 e. The quantitative estimate of drug-likeness (QED) is 0.805. The average molecular weight is 272 g/mol. The van der Waals surface area contributed by atoms with Gasteiger partial charge in [0.2, 0.25) is 0 Å². The summed E-state index contributed by atoms with van der Waals surface area (Å²) < 4.78 is 0. The molecule has 2 fully saturated rings. The van der Waals surface area contributed by atoms with Gasteiger partial charge >= 0.3 is 12.0 Å². The van der Waals surface area contributed by atoms with Gasteiger partial charge in [-0.3, -0.25) is 4.90 Å². The van der Waals surface area contributed by atoms with E-state index in [0.717, 1.165) is 25.7 Å². The number of thioether (sulfide) groups is 1. The Morgan fingerprint density at radius 3 is 2.56 bits per heavy atom. The van der Waals surface area contributed by atoms with Crippen LogP contribution in [0.25, 0.3) is 0 Å². The van der Waals surface area contributed by atoms with Crippen LogP contribution in [0.5, 0.6) is 0 Å². The Kier molecular flexibility index (Phi) is 4.37. The van der Waals surface area contributed by atoms with Crippen LogP contribution >= 0.6 is 11.8 Å². The fourth-order valence-electron chi connectivity index (χ4n) is 2.64. The van der Waals surface area contributed by atoms with Gasteiger partial charge in [0, 0.05) is 11.8 Å². The maximum absolute atomic E-state index is 12.2. The first-order valence-corrected chi connectivity index (χ1v) is 7.57. The fourth-order valence-corrected chi connectivity index (χ4v) is 3.80. The first-order chi connectivity index (χ1) is 8.59. The van der Waals surface area contributed by atoms with E-state index in [9.17, 15) is 9.59 Å². The number of carboxylic acid groups (broad SMARTS) is 1. The second kappa shape index (κ2) is 5.82. The number of hydrogen-bond acceptors (Lipinski definition) is 3. The molecule has 2 atom stereocenters. The van der Waals surface area contributed by atoms with E-state index >= 15 is 0 Å². The standard InChI is InChI=1S/C12H20N2O3S/c1-8-14(10(7-18-8)11(15)16)12(17)13-9-5-3-2-4-6-9/h8-10H,2-7H2,1H3,(H,13,17)(H,15,16). The van der Waals surface area contributed by atoms with Gasteiger partial charge in [-0.05, 0) is 19.8 Å². The molecule has 1 saturated carbocycles. The highest BCUT2D eigenvalue weighted by Gasteiger charge is 2.40. The van der Waals surface area contributed by atoms with Crippen LogP contribution in [-0.2, 0) is 4.79 Å². The largest absolute Gasteiger partial charge is 0.480 e. The summed E-state index contributed by atoms with van der Waals surface area (Å²) in [4.78, 5) is 24.8. The summed E-state index contributed by atoms with van der Waals surface area (Å²) in [5.74, 6) is -0.431. The van der Waals surface area contributed by atoms with E-state index in [2.05, 4.69) is 5.32 Å². The Labute approximate surface area is 111 Å². The highest BCUT2D eigenvalue weighted by molar-refractivity contribution is 8.00. The number of rotatable bonds is 2. The number of nitrogens with one attached hydrogen (secondary N) is 1. The summed E-state index contributed by atoms with van der Waals surface area (Å²) >= 11 is 1.52. The molecule has 2 aliphatic rings. The molecular formula is C12H20N2O3S. The second-order valence-electron chi connectivity index (χ2n) is 4.98. The molecule has 2 amide bonds. The molecule has 2 rings (SSSR count). The third-order valence-corrected chi connectivity index (χ3v) is 4.89. The first-order valence-electron chi connectivity index (χ1n) is 6.53. The number of carbonyl (C=O) groups excluding carboxylic acids is 1. The zero-order valence-electron chi connectivity index (χ0n) is 10.6. The lowest BCUT2D eigenvalue weighted by atomic mass is 9.96. The van der Waals surface area contributed by atoms with E-state index in [4.69, 9.17) is 5.11 Å². The lowest BCUT2D eigenvalue weighted by Crippen LogP contribution is -2.52. The van der Waals surface area contributed by atoms with Crippen molar-refractivity contribution in [2.24, 2.45) is 0 Å². The highest BCUT2D eigenvalue weighted by Crippen LogP contribution is 2.29. The van der Waals surface area contributed by atoms with Gasteiger partial charge in [0.05, 0.1) is 5.37 Å². The Hall–Kier alpha value is -0.910. The Balaban J connectivity index is 1.95. The molecule has 102 valence electrons. The van der Waals surface area contributed by atoms with Crippen LogP contribution < -0.4 is 5.32 Å². The summed E-state index contributed by atoms with van der Waals surface area (Å²) in [7, 11) is 0. The van der Waals surface area contributed by atoms with Gasteiger partial charge in [-0.1, -0.05) is 19.3 Å². The van der Waals surface area contributed by atoms with E-state index < -0.39 is 12.0 Å². The van der Waals surface area contributed by atoms with E-state index in [1.165, 1.54) is 23.1 Å². The highest BCUT2D eigenvalue weighted by atomic mass is 32.2. The van der Waals surface area contributed by atoms with Crippen LogP contribution in [0.4, 0.5) is 4.79 Å². The Morgan fingerprint density at radius 1 is 1.28 bits per heavy atom. The van der Waals surface area contributed by atoms with Crippen molar-refractivity contribution >= 4 is 23.8 Å². The van der Waals surface area contributed by atoms with Crippen LogP contribution in [0, 0.1) is 0 Å². The van der Waals surface area contributed by atoms with Gasteiger partial charge in [-0.15, -0.1) is 11.8 Å². The zero-order valence-corrected chi connectivity index (χ0v) is 11.4. The predicted molar refractivity (Wildman–Crippen MR) is 70.6 cm³/mol. The van der Waals surface area contributed by atoms with Crippen LogP contribution in [-0.4, -0.2) is 45.2 Å². The van der Waals surface area contributed by atoms with Gasteiger partial charge in [0.15, 0.2) is 0 Å². The molecule has 0 aromatic carbocycles. The first kappa shape index (κ1) is 13.5.